The topological polar surface area (TPSA) is 58.6 Å². The number of ether oxygens (including phenoxy) is 1. The van der Waals surface area contributed by atoms with E-state index in [4.69, 9.17) is 4.74 Å². The average Bonchev–Trinajstić information content (AvgIpc) is 3.10. The molecule has 1 aliphatic heterocycles. The molecular formula is C14H24N2O3S2. The Labute approximate surface area is 131 Å². The molecule has 0 spiro atoms. The fourth-order valence-corrected chi connectivity index (χ4v) is 4.94. The number of rotatable bonds is 8. The number of nitrogens with one attached hydrogen (secondary N) is 1. The van der Waals surface area contributed by atoms with E-state index in [-0.39, 0.29) is 6.10 Å². The van der Waals surface area contributed by atoms with Crippen LogP contribution in [0.5, 0.6) is 0 Å². The van der Waals surface area contributed by atoms with Crippen LogP contribution in [0, 0.1) is 0 Å². The molecule has 1 N–H and O–H groups in total. The van der Waals surface area contributed by atoms with Crippen molar-refractivity contribution in [3.05, 3.63) is 17.0 Å². The molecule has 0 amide bonds. The molecule has 2 rings (SSSR count). The third kappa shape index (κ3) is 4.50. The molecule has 0 aliphatic carbocycles. The van der Waals surface area contributed by atoms with Crippen LogP contribution in [0.1, 0.15) is 31.7 Å². The van der Waals surface area contributed by atoms with Crippen LogP contribution in [0.3, 0.4) is 0 Å². The molecule has 0 bridgehead atoms. The van der Waals surface area contributed by atoms with Gasteiger partial charge >= 0.3 is 0 Å². The molecule has 1 saturated heterocycles. The highest BCUT2D eigenvalue weighted by Crippen LogP contribution is 2.24. The molecule has 0 radical (unpaired) electrons. The molecule has 1 aromatic rings. The van der Waals surface area contributed by atoms with Gasteiger partial charge in [-0.2, -0.15) is 4.31 Å². The van der Waals surface area contributed by atoms with Crippen molar-refractivity contribution in [3.8, 4) is 0 Å². The van der Waals surface area contributed by atoms with Crippen molar-refractivity contribution >= 4 is 21.4 Å². The van der Waals surface area contributed by atoms with Gasteiger partial charge in [-0.05, 0) is 42.8 Å². The van der Waals surface area contributed by atoms with E-state index >= 15 is 0 Å². The van der Waals surface area contributed by atoms with Crippen molar-refractivity contribution in [2.45, 2.75) is 43.0 Å². The zero-order valence-corrected chi connectivity index (χ0v) is 14.3. The summed E-state index contributed by atoms with van der Waals surface area (Å²) in [4.78, 5) is 0. The quantitative estimate of drug-likeness (QED) is 0.740. The predicted octanol–water partition coefficient (Wildman–Crippen LogP) is 2.05. The minimum Gasteiger partial charge on any atom is -0.377 e. The fourth-order valence-electron chi connectivity index (χ4n) is 2.32. The molecule has 5 nitrogen and oxygen atoms in total. The van der Waals surface area contributed by atoms with Gasteiger partial charge in [0.1, 0.15) is 4.21 Å². The van der Waals surface area contributed by atoms with Gasteiger partial charge in [-0.15, -0.1) is 11.3 Å². The maximum atomic E-state index is 12.5. The normalized spacial score (nSPS) is 19.5. The summed E-state index contributed by atoms with van der Waals surface area (Å²) < 4.78 is 32.4. The Hall–Kier alpha value is -0.470. The van der Waals surface area contributed by atoms with Crippen LogP contribution in [0.2, 0.25) is 0 Å². The maximum Gasteiger partial charge on any atom is 0.252 e. The number of sulfonamides is 1. The van der Waals surface area contributed by atoms with Crippen LogP contribution in [0.25, 0.3) is 0 Å². The molecule has 2 heterocycles. The SMILES string of the molecule is CCCNCc1csc(S(=O)(=O)N(C)CC2CCCO2)c1. The summed E-state index contributed by atoms with van der Waals surface area (Å²) in [6.45, 7) is 4.94. The predicted molar refractivity (Wildman–Crippen MR) is 85.1 cm³/mol. The van der Waals surface area contributed by atoms with E-state index in [0.717, 1.165) is 44.5 Å². The monoisotopic (exact) mass is 332 g/mol. The van der Waals surface area contributed by atoms with E-state index in [9.17, 15) is 8.42 Å². The lowest BCUT2D eigenvalue weighted by atomic mass is 10.2. The van der Waals surface area contributed by atoms with Crippen molar-refractivity contribution in [1.29, 1.82) is 0 Å². The van der Waals surface area contributed by atoms with Crippen molar-refractivity contribution in [2.24, 2.45) is 0 Å². The van der Waals surface area contributed by atoms with Gasteiger partial charge in [0.15, 0.2) is 0 Å². The van der Waals surface area contributed by atoms with E-state index in [0.29, 0.717) is 10.8 Å². The van der Waals surface area contributed by atoms with Gasteiger partial charge in [0.2, 0.25) is 0 Å². The van der Waals surface area contributed by atoms with Gasteiger partial charge in [0.05, 0.1) is 6.10 Å². The maximum absolute atomic E-state index is 12.5. The summed E-state index contributed by atoms with van der Waals surface area (Å²) in [6.07, 6.45) is 3.07. The van der Waals surface area contributed by atoms with Crippen LogP contribution in [-0.2, 0) is 21.3 Å². The Morgan fingerprint density at radius 3 is 3.00 bits per heavy atom. The first-order chi connectivity index (χ1) is 10.0. The van der Waals surface area contributed by atoms with Gasteiger partial charge in [0.25, 0.3) is 10.0 Å². The number of hydrogen-bond donors (Lipinski definition) is 1. The summed E-state index contributed by atoms with van der Waals surface area (Å²) in [5, 5.41) is 5.19. The first kappa shape index (κ1) is 16.9. The lowest BCUT2D eigenvalue weighted by molar-refractivity contribution is 0.0979. The van der Waals surface area contributed by atoms with E-state index < -0.39 is 10.0 Å². The number of likely N-dealkylation sites (N-methyl/N-ethyl adjacent to an activating group) is 1. The first-order valence-electron chi connectivity index (χ1n) is 7.40. The molecule has 1 atom stereocenters. The van der Waals surface area contributed by atoms with Gasteiger partial charge in [0, 0.05) is 26.7 Å². The Morgan fingerprint density at radius 1 is 1.52 bits per heavy atom. The summed E-state index contributed by atoms with van der Waals surface area (Å²) in [6, 6.07) is 1.77. The van der Waals surface area contributed by atoms with Crippen molar-refractivity contribution < 1.29 is 13.2 Å². The average molecular weight is 332 g/mol. The van der Waals surface area contributed by atoms with E-state index in [1.54, 1.807) is 13.1 Å². The Kier molecular flexibility index (Phi) is 6.19. The van der Waals surface area contributed by atoms with Crippen LogP contribution in [-0.4, -0.2) is 45.6 Å². The van der Waals surface area contributed by atoms with Gasteiger partial charge in [-0.3, -0.25) is 0 Å². The van der Waals surface area contributed by atoms with Crippen molar-refractivity contribution in [3.63, 3.8) is 0 Å². The molecule has 120 valence electrons. The number of hydrogen-bond acceptors (Lipinski definition) is 5. The lowest BCUT2D eigenvalue weighted by Crippen LogP contribution is -2.33. The molecular weight excluding hydrogens is 308 g/mol. The van der Waals surface area contributed by atoms with Crippen LogP contribution < -0.4 is 5.32 Å². The standard InChI is InChI=1S/C14H24N2O3S2/c1-3-6-15-9-12-8-14(20-11-12)21(17,18)16(2)10-13-5-4-7-19-13/h8,11,13,15H,3-7,9-10H2,1-2H3. The number of thiophene rings is 1. The largest absolute Gasteiger partial charge is 0.377 e. The van der Waals surface area contributed by atoms with E-state index in [2.05, 4.69) is 12.2 Å². The molecule has 7 heteroatoms. The Morgan fingerprint density at radius 2 is 2.33 bits per heavy atom. The smallest absolute Gasteiger partial charge is 0.252 e. The zero-order valence-electron chi connectivity index (χ0n) is 12.7. The van der Waals surface area contributed by atoms with E-state index in [1.807, 2.05) is 5.38 Å². The fraction of sp³-hybridized carbons (Fsp3) is 0.714. The summed E-state index contributed by atoms with van der Waals surface area (Å²) in [7, 11) is -1.76. The van der Waals surface area contributed by atoms with Crippen LogP contribution in [0.15, 0.2) is 15.7 Å². The summed E-state index contributed by atoms with van der Waals surface area (Å²) in [5.41, 5.74) is 1.03. The highest BCUT2D eigenvalue weighted by atomic mass is 32.2. The van der Waals surface area contributed by atoms with Gasteiger partial charge in [-0.1, -0.05) is 6.92 Å². The highest BCUT2D eigenvalue weighted by molar-refractivity contribution is 7.91. The van der Waals surface area contributed by atoms with Crippen molar-refractivity contribution in [1.82, 2.24) is 9.62 Å². The minimum absolute atomic E-state index is 0.0374. The Bertz CT molecular complexity index is 536. The van der Waals surface area contributed by atoms with Crippen LogP contribution >= 0.6 is 11.3 Å². The van der Waals surface area contributed by atoms with Gasteiger partial charge < -0.3 is 10.1 Å². The second-order valence-electron chi connectivity index (χ2n) is 5.37. The molecule has 1 unspecified atom stereocenters. The second kappa shape index (κ2) is 7.69. The molecule has 21 heavy (non-hydrogen) atoms. The number of nitrogens with zero attached hydrogens (tertiary/aromatic N) is 1. The van der Waals surface area contributed by atoms with Crippen molar-refractivity contribution in [2.75, 3.05) is 26.7 Å². The summed E-state index contributed by atoms with van der Waals surface area (Å²) >= 11 is 1.29. The molecule has 0 aromatic carbocycles. The minimum atomic E-state index is -3.39. The Balaban J connectivity index is 1.97. The first-order valence-corrected chi connectivity index (χ1v) is 9.72. The zero-order chi connectivity index (χ0) is 15.3. The van der Waals surface area contributed by atoms with Crippen LogP contribution in [0.4, 0.5) is 0 Å². The van der Waals surface area contributed by atoms with Gasteiger partial charge in [-0.25, -0.2) is 8.42 Å². The third-order valence-electron chi connectivity index (χ3n) is 3.53. The molecule has 0 saturated carbocycles. The third-order valence-corrected chi connectivity index (χ3v) is 6.82. The molecule has 1 aromatic heterocycles. The lowest BCUT2D eigenvalue weighted by Gasteiger charge is -2.19. The second-order valence-corrected chi connectivity index (χ2v) is 8.55. The summed E-state index contributed by atoms with van der Waals surface area (Å²) in [5.74, 6) is 0. The highest BCUT2D eigenvalue weighted by Gasteiger charge is 2.27. The van der Waals surface area contributed by atoms with E-state index in [1.165, 1.54) is 15.6 Å². The molecule has 1 fully saturated rings. The molecule has 1 aliphatic rings.